The first-order valence-corrected chi connectivity index (χ1v) is 5.86. The number of methoxy groups -OCH3 is 1. The summed E-state index contributed by atoms with van der Waals surface area (Å²) in [5.74, 6) is 0.221. The fourth-order valence-corrected chi connectivity index (χ4v) is 1.68. The third kappa shape index (κ3) is 3.55. The van der Waals surface area contributed by atoms with Gasteiger partial charge in [0.2, 0.25) is 0 Å². The summed E-state index contributed by atoms with van der Waals surface area (Å²) in [5, 5.41) is 2.89. The number of hydrogen-bond donors (Lipinski definition) is 1. The van der Waals surface area contributed by atoms with Crippen LogP contribution in [0.4, 0.5) is 10.1 Å². The summed E-state index contributed by atoms with van der Waals surface area (Å²) in [5.41, 5.74) is 1.14. The molecule has 0 amide bonds. The number of benzene rings is 2. The lowest BCUT2D eigenvalue weighted by atomic mass is 10.1. The Morgan fingerprint density at radius 1 is 1.21 bits per heavy atom. The number of hydrogen-bond acceptors (Lipinski definition) is 3. The Hall–Kier alpha value is -2.36. The standard InChI is InChI=1S/C15H14FNO2/c1-19-14-7-2-4-11(8-14)15(18)10-17-13-6-3-5-12(16)9-13/h2-9,17H,10H2,1H3. The van der Waals surface area contributed by atoms with Gasteiger partial charge in [0.15, 0.2) is 5.78 Å². The lowest BCUT2D eigenvalue weighted by molar-refractivity contribution is 0.101. The molecule has 4 heteroatoms. The van der Waals surface area contributed by atoms with Crippen molar-refractivity contribution in [2.24, 2.45) is 0 Å². The zero-order chi connectivity index (χ0) is 13.7. The molecular weight excluding hydrogens is 245 g/mol. The van der Waals surface area contributed by atoms with E-state index in [0.29, 0.717) is 17.0 Å². The van der Waals surface area contributed by atoms with Crippen LogP contribution >= 0.6 is 0 Å². The second kappa shape index (κ2) is 6.00. The Morgan fingerprint density at radius 2 is 2.00 bits per heavy atom. The molecule has 0 aliphatic rings. The van der Waals surface area contributed by atoms with E-state index in [1.807, 2.05) is 0 Å². The van der Waals surface area contributed by atoms with Crippen LogP contribution in [0.3, 0.4) is 0 Å². The highest BCUT2D eigenvalue weighted by Gasteiger charge is 2.06. The molecule has 2 rings (SSSR count). The van der Waals surface area contributed by atoms with Crippen molar-refractivity contribution in [3.63, 3.8) is 0 Å². The molecule has 0 fully saturated rings. The van der Waals surface area contributed by atoms with Crippen molar-refractivity contribution in [3.05, 3.63) is 59.9 Å². The molecular formula is C15H14FNO2. The zero-order valence-corrected chi connectivity index (χ0v) is 10.5. The Labute approximate surface area is 111 Å². The molecule has 3 nitrogen and oxygen atoms in total. The van der Waals surface area contributed by atoms with Crippen molar-refractivity contribution in [1.82, 2.24) is 0 Å². The lowest BCUT2D eigenvalue weighted by Gasteiger charge is -2.07. The molecule has 0 radical (unpaired) electrons. The topological polar surface area (TPSA) is 38.3 Å². The van der Waals surface area contributed by atoms with Gasteiger partial charge >= 0.3 is 0 Å². The van der Waals surface area contributed by atoms with Gasteiger partial charge < -0.3 is 10.1 Å². The predicted octanol–water partition coefficient (Wildman–Crippen LogP) is 3.13. The smallest absolute Gasteiger partial charge is 0.181 e. The Balaban J connectivity index is 2.01. The van der Waals surface area contributed by atoms with Crippen LogP contribution in [0.5, 0.6) is 5.75 Å². The molecule has 0 heterocycles. The first-order chi connectivity index (χ1) is 9.19. The Kier molecular flexibility index (Phi) is 4.13. The Bertz CT molecular complexity index is 584. The maximum Gasteiger partial charge on any atom is 0.181 e. The number of halogens is 1. The van der Waals surface area contributed by atoms with Gasteiger partial charge in [-0.2, -0.15) is 0 Å². The van der Waals surface area contributed by atoms with Gasteiger partial charge in [-0.25, -0.2) is 4.39 Å². The lowest BCUT2D eigenvalue weighted by Crippen LogP contribution is -2.14. The fraction of sp³-hybridized carbons (Fsp3) is 0.133. The van der Waals surface area contributed by atoms with E-state index < -0.39 is 0 Å². The minimum Gasteiger partial charge on any atom is -0.497 e. The summed E-state index contributed by atoms with van der Waals surface area (Å²) in [6.07, 6.45) is 0. The van der Waals surface area contributed by atoms with Crippen molar-refractivity contribution in [2.75, 3.05) is 19.0 Å². The first kappa shape index (κ1) is 13.1. The van der Waals surface area contributed by atoms with E-state index in [1.165, 1.54) is 12.1 Å². The van der Waals surface area contributed by atoms with Gasteiger partial charge in [0.25, 0.3) is 0 Å². The quantitative estimate of drug-likeness (QED) is 0.838. The maximum absolute atomic E-state index is 13.0. The van der Waals surface area contributed by atoms with Gasteiger partial charge in [-0.3, -0.25) is 4.79 Å². The minimum absolute atomic E-state index is 0.0804. The van der Waals surface area contributed by atoms with Gasteiger partial charge in [0.05, 0.1) is 13.7 Å². The fourth-order valence-electron chi connectivity index (χ4n) is 1.68. The predicted molar refractivity (Wildman–Crippen MR) is 72.2 cm³/mol. The second-order valence-electron chi connectivity index (χ2n) is 4.02. The van der Waals surface area contributed by atoms with E-state index in [2.05, 4.69) is 5.32 Å². The molecule has 0 aliphatic heterocycles. The molecule has 0 bridgehead atoms. The average Bonchev–Trinajstić information content (AvgIpc) is 2.45. The highest BCUT2D eigenvalue weighted by molar-refractivity contribution is 5.99. The summed E-state index contributed by atoms with van der Waals surface area (Å²) < 4.78 is 18.0. The number of carbonyl (C=O) groups excluding carboxylic acids is 1. The summed E-state index contributed by atoms with van der Waals surface area (Å²) in [6.45, 7) is 0.108. The van der Waals surface area contributed by atoms with Gasteiger partial charge in [0, 0.05) is 11.3 Å². The molecule has 2 aromatic rings. The van der Waals surface area contributed by atoms with Crippen LogP contribution in [0.15, 0.2) is 48.5 Å². The normalized spacial score (nSPS) is 10.0. The van der Waals surface area contributed by atoms with Crippen LogP contribution in [-0.4, -0.2) is 19.4 Å². The van der Waals surface area contributed by atoms with Crippen LogP contribution in [-0.2, 0) is 0 Å². The molecule has 2 aromatic carbocycles. The van der Waals surface area contributed by atoms with Crippen molar-refractivity contribution in [3.8, 4) is 5.75 Å². The molecule has 0 unspecified atom stereocenters. The van der Waals surface area contributed by atoms with Gasteiger partial charge in [-0.05, 0) is 30.3 Å². The second-order valence-corrected chi connectivity index (χ2v) is 4.02. The molecule has 98 valence electrons. The molecule has 1 N–H and O–H groups in total. The van der Waals surface area contributed by atoms with Gasteiger partial charge in [-0.1, -0.05) is 18.2 Å². The summed E-state index contributed by atoms with van der Waals surface area (Å²) in [6, 6.07) is 12.9. The van der Waals surface area contributed by atoms with Crippen LogP contribution in [0.25, 0.3) is 0 Å². The van der Waals surface area contributed by atoms with Gasteiger partial charge in [-0.15, -0.1) is 0 Å². The molecule has 0 saturated carbocycles. The minimum atomic E-state index is -0.334. The van der Waals surface area contributed by atoms with Crippen LogP contribution in [0.2, 0.25) is 0 Å². The number of rotatable bonds is 5. The Morgan fingerprint density at radius 3 is 2.74 bits per heavy atom. The van der Waals surface area contributed by atoms with E-state index in [1.54, 1.807) is 43.5 Å². The molecule has 0 spiro atoms. The van der Waals surface area contributed by atoms with E-state index in [9.17, 15) is 9.18 Å². The van der Waals surface area contributed by atoms with E-state index >= 15 is 0 Å². The van der Waals surface area contributed by atoms with Crippen molar-refractivity contribution in [1.29, 1.82) is 0 Å². The number of ketones is 1. The van der Waals surface area contributed by atoms with Crippen LogP contribution in [0.1, 0.15) is 10.4 Å². The zero-order valence-electron chi connectivity index (χ0n) is 10.5. The summed E-state index contributed by atoms with van der Waals surface area (Å²) in [7, 11) is 1.55. The van der Waals surface area contributed by atoms with Crippen molar-refractivity contribution >= 4 is 11.5 Å². The number of nitrogens with one attached hydrogen (secondary N) is 1. The SMILES string of the molecule is COc1cccc(C(=O)CNc2cccc(F)c2)c1. The first-order valence-electron chi connectivity index (χ1n) is 5.86. The monoisotopic (exact) mass is 259 g/mol. The van der Waals surface area contributed by atoms with E-state index in [4.69, 9.17) is 4.74 Å². The van der Waals surface area contributed by atoms with E-state index in [-0.39, 0.29) is 18.1 Å². The van der Waals surface area contributed by atoms with Crippen LogP contribution in [0, 0.1) is 5.82 Å². The highest BCUT2D eigenvalue weighted by atomic mass is 19.1. The molecule has 0 atom stereocenters. The summed E-state index contributed by atoms with van der Waals surface area (Å²) in [4.78, 5) is 12.0. The number of ether oxygens (including phenoxy) is 1. The maximum atomic E-state index is 13.0. The van der Waals surface area contributed by atoms with Gasteiger partial charge in [0.1, 0.15) is 11.6 Å². The summed E-state index contributed by atoms with van der Waals surface area (Å²) >= 11 is 0. The largest absolute Gasteiger partial charge is 0.497 e. The average molecular weight is 259 g/mol. The molecule has 0 aliphatic carbocycles. The third-order valence-electron chi connectivity index (χ3n) is 2.67. The molecule has 19 heavy (non-hydrogen) atoms. The number of anilines is 1. The van der Waals surface area contributed by atoms with E-state index in [0.717, 1.165) is 0 Å². The third-order valence-corrected chi connectivity index (χ3v) is 2.67. The molecule has 0 aromatic heterocycles. The number of carbonyl (C=O) groups is 1. The molecule has 0 saturated heterocycles. The van der Waals surface area contributed by atoms with Crippen LogP contribution < -0.4 is 10.1 Å². The number of Topliss-reactive ketones (excluding diaryl/α,β-unsaturated/α-hetero) is 1. The highest BCUT2D eigenvalue weighted by Crippen LogP contribution is 2.14. The van der Waals surface area contributed by atoms with Crippen molar-refractivity contribution < 1.29 is 13.9 Å². The van der Waals surface area contributed by atoms with Crippen molar-refractivity contribution in [2.45, 2.75) is 0 Å².